The fourth-order valence-corrected chi connectivity index (χ4v) is 2.74. The van der Waals surface area contributed by atoms with Crippen molar-refractivity contribution in [2.24, 2.45) is 0 Å². The first kappa shape index (κ1) is 15.9. The Kier molecular flexibility index (Phi) is 8.64. The van der Waals surface area contributed by atoms with E-state index in [1.54, 1.807) is 7.11 Å². The van der Waals surface area contributed by atoms with E-state index in [2.05, 4.69) is 24.1 Å². The number of hydrogen-bond donors (Lipinski definition) is 1. The lowest BCUT2D eigenvalue weighted by atomic mass is 10.2. The highest BCUT2D eigenvalue weighted by molar-refractivity contribution is 4.74. The number of ether oxygens (including phenoxy) is 1. The van der Waals surface area contributed by atoms with Gasteiger partial charge in [-0.15, -0.1) is 0 Å². The van der Waals surface area contributed by atoms with Crippen LogP contribution in [0.4, 0.5) is 0 Å². The lowest BCUT2D eigenvalue weighted by Gasteiger charge is -2.28. The molecule has 1 rings (SSSR count). The third-order valence-corrected chi connectivity index (χ3v) is 4.21. The molecule has 0 aliphatic heterocycles. The fourth-order valence-electron chi connectivity index (χ4n) is 2.74. The van der Waals surface area contributed by atoms with Crippen LogP contribution in [-0.4, -0.2) is 50.3 Å². The predicted molar refractivity (Wildman–Crippen MR) is 78.1 cm³/mol. The van der Waals surface area contributed by atoms with Gasteiger partial charge in [0.2, 0.25) is 0 Å². The zero-order valence-corrected chi connectivity index (χ0v) is 12.6. The second-order valence-corrected chi connectivity index (χ2v) is 5.58. The minimum Gasteiger partial charge on any atom is -0.383 e. The summed E-state index contributed by atoms with van der Waals surface area (Å²) in [6.07, 6.45) is 8.09. The molecule has 0 radical (unpaired) electrons. The van der Waals surface area contributed by atoms with E-state index in [4.69, 9.17) is 4.74 Å². The second-order valence-electron chi connectivity index (χ2n) is 5.58. The van der Waals surface area contributed by atoms with E-state index in [1.807, 2.05) is 0 Å². The van der Waals surface area contributed by atoms with Crippen LogP contribution in [0.5, 0.6) is 0 Å². The lowest BCUT2D eigenvalue weighted by Crippen LogP contribution is -2.38. The van der Waals surface area contributed by atoms with Crippen LogP contribution >= 0.6 is 0 Å². The van der Waals surface area contributed by atoms with Crippen molar-refractivity contribution in [2.45, 2.75) is 64.5 Å². The normalized spacial score (nSPS) is 18.7. The summed E-state index contributed by atoms with van der Waals surface area (Å²) in [7, 11) is 1.79. The minimum atomic E-state index is 0.673. The Morgan fingerprint density at radius 2 is 2.00 bits per heavy atom. The number of nitrogens with zero attached hydrogens (tertiary/aromatic N) is 1. The van der Waals surface area contributed by atoms with Crippen LogP contribution in [0.15, 0.2) is 0 Å². The van der Waals surface area contributed by atoms with Gasteiger partial charge in [-0.1, -0.05) is 19.8 Å². The Labute approximate surface area is 113 Å². The highest BCUT2D eigenvalue weighted by Crippen LogP contribution is 2.17. The molecule has 1 aliphatic carbocycles. The van der Waals surface area contributed by atoms with Crippen molar-refractivity contribution in [2.75, 3.05) is 33.4 Å². The van der Waals surface area contributed by atoms with Gasteiger partial charge in [0.25, 0.3) is 0 Å². The third-order valence-electron chi connectivity index (χ3n) is 4.21. The van der Waals surface area contributed by atoms with E-state index in [1.165, 1.54) is 51.6 Å². The van der Waals surface area contributed by atoms with Crippen molar-refractivity contribution in [3.05, 3.63) is 0 Å². The molecule has 3 heteroatoms. The zero-order valence-electron chi connectivity index (χ0n) is 12.6. The standard InChI is InChI=1S/C15H32N2O/c1-4-14(2)17(12-13-18-3)11-7-10-16-15-8-5-6-9-15/h14-16H,4-13H2,1-3H3. The van der Waals surface area contributed by atoms with Crippen LogP contribution in [0, 0.1) is 0 Å². The van der Waals surface area contributed by atoms with E-state index in [9.17, 15) is 0 Å². The van der Waals surface area contributed by atoms with Crippen molar-refractivity contribution in [3.63, 3.8) is 0 Å². The molecule has 1 aliphatic rings. The van der Waals surface area contributed by atoms with E-state index in [0.717, 1.165) is 19.2 Å². The summed E-state index contributed by atoms with van der Waals surface area (Å²) in [5.41, 5.74) is 0. The summed E-state index contributed by atoms with van der Waals surface area (Å²) in [5.74, 6) is 0. The van der Waals surface area contributed by atoms with Crippen molar-refractivity contribution in [1.82, 2.24) is 10.2 Å². The molecule has 1 unspecified atom stereocenters. The molecule has 0 aromatic heterocycles. The van der Waals surface area contributed by atoms with Gasteiger partial charge in [-0.05, 0) is 45.7 Å². The molecule has 1 N–H and O–H groups in total. The maximum absolute atomic E-state index is 5.20. The van der Waals surface area contributed by atoms with E-state index in [0.29, 0.717) is 6.04 Å². The average molecular weight is 256 g/mol. The molecule has 0 aromatic carbocycles. The molecule has 0 amide bonds. The van der Waals surface area contributed by atoms with Gasteiger partial charge in [0.15, 0.2) is 0 Å². The highest BCUT2D eigenvalue weighted by atomic mass is 16.5. The Morgan fingerprint density at radius 1 is 1.28 bits per heavy atom. The van der Waals surface area contributed by atoms with Crippen LogP contribution in [0.25, 0.3) is 0 Å². The predicted octanol–water partition coefficient (Wildman–Crippen LogP) is 2.66. The molecule has 0 aromatic rings. The quantitative estimate of drug-likeness (QED) is 0.608. The first-order valence-electron chi connectivity index (χ1n) is 7.74. The summed E-state index contributed by atoms with van der Waals surface area (Å²) < 4.78 is 5.20. The van der Waals surface area contributed by atoms with Crippen LogP contribution in [-0.2, 0) is 4.74 Å². The molecule has 1 saturated carbocycles. The van der Waals surface area contributed by atoms with E-state index in [-0.39, 0.29) is 0 Å². The Morgan fingerprint density at radius 3 is 2.61 bits per heavy atom. The fraction of sp³-hybridized carbons (Fsp3) is 1.00. The molecule has 108 valence electrons. The Bertz CT molecular complexity index is 193. The summed E-state index contributed by atoms with van der Waals surface area (Å²) in [5, 5.41) is 3.69. The summed E-state index contributed by atoms with van der Waals surface area (Å²) in [4.78, 5) is 2.56. The van der Waals surface area contributed by atoms with Crippen molar-refractivity contribution >= 4 is 0 Å². The number of methoxy groups -OCH3 is 1. The van der Waals surface area contributed by atoms with Crippen LogP contribution in [0.1, 0.15) is 52.4 Å². The van der Waals surface area contributed by atoms with Crippen molar-refractivity contribution in [3.8, 4) is 0 Å². The molecule has 0 bridgehead atoms. The van der Waals surface area contributed by atoms with Gasteiger partial charge < -0.3 is 10.1 Å². The number of nitrogens with one attached hydrogen (secondary N) is 1. The molecule has 0 heterocycles. The van der Waals surface area contributed by atoms with E-state index >= 15 is 0 Å². The molecule has 3 nitrogen and oxygen atoms in total. The molecule has 0 saturated heterocycles. The van der Waals surface area contributed by atoms with Crippen LogP contribution in [0.3, 0.4) is 0 Å². The number of rotatable bonds is 10. The topological polar surface area (TPSA) is 24.5 Å². The van der Waals surface area contributed by atoms with Crippen molar-refractivity contribution in [1.29, 1.82) is 0 Å². The smallest absolute Gasteiger partial charge is 0.0589 e. The van der Waals surface area contributed by atoms with E-state index < -0.39 is 0 Å². The minimum absolute atomic E-state index is 0.673. The molecular weight excluding hydrogens is 224 g/mol. The lowest BCUT2D eigenvalue weighted by molar-refractivity contribution is 0.122. The Balaban J connectivity index is 2.11. The first-order chi connectivity index (χ1) is 8.77. The van der Waals surface area contributed by atoms with Gasteiger partial charge in [0.1, 0.15) is 0 Å². The van der Waals surface area contributed by atoms with Crippen molar-refractivity contribution < 1.29 is 4.74 Å². The highest BCUT2D eigenvalue weighted by Gasteiger charge is 2.14. The molecule has 0 spiro atoms. The molecular formula is C15H32N2O. The monoisotopic (exact) mass is 256 g/mol. The van der Waals surface area contributed by atoms with Crippen LogP contribution < -0.4 is 5.32 Å². The van der Waals surface area contributed by atoms with Gasteiger partial charge in [-0.25, -0.2) is 0 Å². The van der Waals surface area contributed by atoms with Gasteiger partial charge >= 0.3 is 0 Å². The SMILES string of the molecule is CCC(C)N(CCCNC1CCCC1)CCOC. The van der Waals surface area contributed by atoms with Gasteiger partial charge in [0, 0.05) is 25.7 Å². The van der Waals surface area contributed by atoms with Gasteiger partial charge in [-0.2, -0.15) is 0 Å². The summed E-state index contributed by atoms with van der Waals surface area (Å²) in [6.45, 7) is 8.86. The molecule has 18 heavy (non-hydrogen) atoms. The summed E-state index contributed by atoms with van der Waals surface area (Å²) in [6, 6.07) is 1.48. The zero-order chi connectivity index (χ0) is 13.2. The Hall–Kier alpha value is -0.120. The van der Waals surface area contributed by atoms with Crippen LogP contribution in [0.2, 0.25) is 0 Å². The number of hydrogen-bond acceptors (Lipinski definition) is 3. The maximum atomic E-state index is 5.20. The summed E-state index contributed by atoms with van der Waals surface area (Å²) >= 11 is 0. The molecule has 1 atom stereocenters. The first-order valence-corrected chi connectivity index (χ1v) is 7.74. The average Bonchev–Trinajstić information content (AvgIpc) is 2.90. The van der Waals surface area contributed by atoms with Gasteiger partial charge in [0.05, 0.1) is 6.61 Å². The van der Waals surface area contributed by atoms with Gasteiger partial charge in [-0.3, -0.25) is 4.90 Å². The third kappa shape index (κ3) is 6.17. The largest absolute Gasteiger partial charge is 0.383 e. The second kappa shape index (κ2) is 9.76. The maximum Gasteiger partial charge on any atom is 0.0589 e. The molecule has 1 fully saturated rings.